The van der Waals surface area contributed by atoms with Gasteiger partial charge in [-0.3, -0.25) is 4.79 Å². The molecule has 2 N–H and O–H groups in total. The number of hydrogen-bond acceptors (Lipinski definition) is 3. The second-order valence-corrected chi connectivity index (χ2v) is 5.28. The van der Waals surface area contributed by atoms with Crippen molar-refractivity contribution in [1.29, 1.82) is 0 Å². The largest absolute Gasteiger partial charge is 0.385 e. The van der Waals surface area contributed by atoms with Crippen LogP contribution in [0.1, 0.15) is 11.1 Å². The van der Waals surface area contributed by atoms with Gasteiger partial charge in [0.15, 0.2) is 0 Å². The van der Waals surface area contributed by atoms with E-state index in [2.05, 4.69) is 5.32 Å². The van der Waals surface area contributed by atoms with Crippen LogP contribution in [-0.4, -0.2) is 35.8 Å². The van der Waals surface area contributed by atoms with Gasteiger partial charge in [0, 0.05) is 11.4 Å². The molecule has 0 heterocycles. The van der Waals surface area contributed by atoms with Crippen LogP contribution in [0.15, 0.2) is 23.1 Å². The molecule has 6 heteroatoms. The molecule has 0 aliphatic heterocycles. The number of halogens is 2. The van der Waals surface area contributed by atoms with Crippen LogP contribution < -0.4 is 5.32 Å². The fourth-order valence-electron chi connectivity index (χ4n) is 1.36. The van der Waals surface area contributed by atoms with Crippen molar-refractivity contribution in [2.24, 2.45) is 0 Å². The van der Waals surface area contributed by atoms with Gasteiger partial charge in [-0.15, -0.1) is 11.8 Å². The Labute approximate surface area is 115 Å². The number of aryl methyl sites for hydroxylation is 2. The molecule has 0 saturated heterocycles. The second-order valence-electron chi connectivity index (χ2n) is 4.26. The summed E-state index contributed by atoms with van der Waals surface area (Å²) in [6.45, 7) is 3.48. The van der Waals surface area contributed by atoms with Gasteiger partial charge in [0.05, 0.1) is 5.75 Å². The van der Waals surface area contributed by atoms with Gasteiger partial charge in [0.25, 0.3) is 6.43 Å². The Morgan fingerprint density at radius 2 is 2.11 bits per heavy atom. The van der Waals surface area contributed by atoms with Gasteiger partial charge in [-0.1, -0.05) is 17.7 Å². The number of amides is 1. The minimum absolute atomic E-state index is 0.139. The lowest BCUT2D eigenvalue weighted by molar-refractivity contribution is -0.119. The molecule has 0 fully saturated rings. The number of hydrogen-bond donors (Lipinski definition) is 2. The topological polar surface area (TPSA) is 49.3 Å². The molecular weight excluding hydrogens is 272 g/mol. The molecule has 1 aromatic rings. The highest BCUT2D eigenvalue weighted by Gasteiger charge is 2.17. The molecule has 0 bridgehead atoms. The van der Waals surface area contributed by atoms with Crippen LogP contribution in [0, 0.1) is 13.8 Å². The minimum Gasteiger partial charge on any atom is -0.385 e. The van der Waals surface area contributed by atoms with Crippen LogP contribution in [0.3, 0.4) is 0 Å². The van der Waals surface area contributed by atoms with Crippen molar-refractivity contribution in [1.82, 2.24) is 5.32 Å². The zero-order chi connectivity index (χ0) is 14.4. The average Bonchev–Trinajstić information content (AvgIpc) is 2.36. The van der Waals surface area contributed by atoms with E-state index in [9.17, 15) is 13.6 Å². The van der Waals surface area contributed by atoms with Crippen LogP contribution >= 0.6 is 11.8 Å². The van der Waals surface area contributed by atoms with Crippen molar-refractivity contribution < 1.29 is 18.7 Å². The number of aliphatic hydroxyl groups excluding tert-OH is 1. The predicted molar refractivity (Wildman–Crippen MR) is 71.7 cm³/mol. The van der Waals surface area contributed by atoms with E-state index in [-0.39, 0.29) is 11.7 Å². The van der Waals surface area contributed by atoms with E-state index in [1.165, 1.54) is 11.8 Å². The number of thioether (sulfide) groups is 1. The van der Waals surface area contributed by atoms with E-state index >= 15 is 0 Å². The van der Waals surface area contributed by atoms with Gasteiger partial charge in [-0.25, -0.2) is 8.78 Å². The number of rotatable bonds is 6. The summed E-state index contributed by atoms with van der Waals surface area (Å²) in [7, 11) is 0. The molecule has 0 spiro atoms. The van der Waals surface area contributed by atoms with E-state index in [0.29, 0.717) is 0 Å². The normalized spacial score (nSPS) is 12.5. The first-order valence-corrected chi connectivity index (χ1v) is 6.81. The maximum absolute atomic E-state index is 12.0. The maximum Gasteiger partial charge on any atom is 0.265 e. The van der Waals surface area contributed by atoms with Crippen molar-refractivity contribution in [3.8, 4) is 0 Å². The molecule has 0 radical (unpaired) electrons. The number of aliphatic hydroxyl groups is 1. The van der Waals surface area contributed by atoms with Crippen molar-refractivity contribution in [3.05, 3.63) is 29.3 Å². The van der Waals surface area contributed by atoms with Crippen molar-refractivity contribution in [2.45, 2.75) is 31.3 Å². The van der Waals surface area contributed by atoms with Crippen LogP contribution in [-0.2, 0) is 4.79 Å². The summed E-state index contributed by atoms with van der Waals surface area (Å²) < 4.78 is 24.0. The summed E-state index contributed by atoms with van der Waals surface area (Å²) in [5, 5.41) is 11.1. The number of benzene rings is 1. The van der Waals surface area contributed by atoms with E-state index in [4.69, 9.17) is 5.11 Å². The third-order valence-electron chi connectivity index (χ3n) is 2.50. The highest BCUT2D eigenvalue weighted by molar-refractivity contribution is 8.00. The van der Waals surface area contributed by atoms with Gasteiger partial charge < -0.3 is 10.4 Å². The van der Waals surface area contributed by atoms with Crippen LogP contribution in [0.4, 0.5) is 8.78 Å². The van der Waals surface area contributed by atoms with Crippen LogP contribution in [0.5, 0.6) is 0 Å². The maximum atomic E-state index is 12.0. The summed E-state index contributed by atoms with van der Waals surface area (Å²) in [6.07, 6.45) is -4.65. The van der Waals surface area contributed by atoms with Crippen LogP contribution in [0.2, 0.25) is 0 Å². The Balaban J connectivity index is 2.40. The van der Waals surface area contributed by atoms with Gasteiger partial charge >= 0.3 is 0 Å². The van der Waals surface area contributed by atoms with Crippen molar-refractivity contribution >= 4 is 17.7 Å². The standard InChI is InChI=1S/C13H17F2NO2S/c1-8-3-4-9(2)11(5-8)19-7-12(18)16-6-10(17)13(14)15/h3-5,10,13,17H,6-7H2,1-2H3,(H,16,18). The quantitative estimate of drug-likeness (QED) is 0.789. The Kier molecular flexibility index (Phi) is 6.24. The molecule has 0 saturated carbocycles. The first-order chi connectivity index (χ1) is 8.90. The number of carbonyl (C=O) groups is 1. The fourth-order valence-corrected chi connectivity index (χ4v) is 2.32. The Bertz CT molecular complexity index is 441. The van der Waals surface area contributed by atoms with E-state index in [1.54, 1.807) is 0 Å². The van der Waals surface area contributed by atoms with E-state index in [0.717, 1.165) is 16.0 Å². The van der Waals surface area contributed by atoms with Gasteiger partial charge in [0.1, 0.15) is 6.10 Å². The monoisotopic (exact) mass is 289 g/mol. The predicted octanol–water partition coefficient (Wildman–Crippen LogP) is 2.14. The van der Waals surface area contributed by atoms with E-state index in [1.807, 2.05) is 32.0 Å². The number of alkyl halides is 2. The molecule has 0 aliphatic carbocycles. The fraction of sp³-hybridized carbons (Fsp3) is 0.462. The molecule has 106 valence electrons. The molecular formula is C13H17F2NO2S. The lowest BCUT2D eigenvalue weighted by Crippen LogP contribution is -2.36. The summed E-state index contributed by atoms with van der Waals surface area (Å²) in [6, 6.07) is 5.93. The van der Waals surface area contributed by atoms with Crippen molar-refractivity contribution in [2.75, 3.05) is 12.3 Å². The van der Waals surface area contributed by atoms with Gasteiger partial charge in [-0.2, -0.15) is 0 Å². The molecule has 0 aromatic heterocycles. The summed E-state index contributed by atoms with van der Waals surface area (Å²) in [4.78, 5) is 12.4. The first-order valence-electron chi connectivity index (χ1n) is 5.83. The summed E-state index contributed by atoms with van der Waals surface area (Å²) >= 11 is 1.35. The third-order valence-corrected chi connectivity index (χ3v) is 3.66. The lowest BCUT2D eigenvalue weighted by atomic mass is 10.2. The Hall–Kier alpha value is -1.14. The molecule has 0 aliphatic rings. The van der Waals surface area contributed by atoms with Gasteiger partial charge in [-0.05, 0) is 25.5 Å². The zero-order valence-corrected chi connectivity index (χ0v) is 11.6. The molecule has 19 heavy (non-hydrogen) atoms. The molecule has 1 amide bonds. The van der Waals surface area contributed by atoms with Crippen LogP contribution in [0.25, 0.3) is 0 Å². The summed E-state index contributed by atoms with van der Waals surface area (Å²) in [5.74, 6) is -0.231. The molecule has 1 unspecified atom stereocenters. The number of nitrogens with one attached hydrogen (secondary N) is 1. The lowest BCUT2D eigenvalue weighted by Gasteiger charge is -2.11. The molecule has 1 aromatic carbocycles. The first kappa shape index (κ1) is 15.9. The molecule has 1 rings (SSSR count). The third kappa shape index (κ3) is 5.57. The highest BCUT2D eigenvalue weighted by Crippen LogP contribution is 2.23. The average molecular weight is 289 g/mol. The summed E-state index contributed by atoms with van der Waals surface area (Å²) in [5.41, 5.74) is 2.16. The highest BCUT2D eigenvalue weighted by atomic mass is 32.2. The molecule has 1 atom stereocenters. The Morgan fingerprint density at radius 3 is 2.74 bits per heavy atom. The minimum atomic E-state index is -2.84. The van der Waals surface area contributed by atoms with E-state index < -0.39 is 19.1 Å². The SMILES string of the molecule is Cc1ccc(C)c(SCC(=O)NCC(O)C(F)F)c1. The van der Waals surface area contributed by atoms with Crippen molar-refractivity contribution in [3.63, 3.8) is 0 Å². The zero-order valence-electron chi connectivity index (χ0n) is 10.8. The molecule has 3 nitrogen and oxygen atoms in total. The Morgan fingerprint density at radius 1 is 1.42 bits per heavy atom. The second kappa shape index (κ2) is 7.45. The number of carbonyl (C=O) groups excluding carboxylic acids is 1. The van der Waals surface area contributed by atoms with Gasteiger partial charge in [0.2, 0.25) is 5.91 Å². The smallest absolute Gasteiger partial charge is 0.265 e.